The third-order valence-corrected chi connectivity index (χ3v) is 7.31. The minimum Gasteiger partial charge on any atom is -0.382 e. The molecule has 13 nitrogen and oxygen atoms in total. The largest absolute Gasteiger partial charge is 0.382 e. The van der Waals surface area contributed by atoms with Gasteiger partial charge in [0.1, 0.15) is 12.6 Å². The Balaban J connectivity index is 0.998. The van der Waals surface area contributed by atoms with Gasteiger partial charge in [0.15, 0.2) is 0 Å². The number of piperidine rings is 1. The van der Waals surface area contributed by atoms with Crippen molar-refractivity contribution in [1.82, 2.24) is 10.2 Å². The van der Waals surface area contributed by atoms with E-state index in [9.17, 15) is 28.8 Å². The summed E-state index contributed by atoms with van der Waals surface area (Å²) in [4.78, 5) is 74.2. The highest BCUT2D eigenvalue weighted by Crippen LogP contribution is 2.32. The molecule has 0 aliphatic carbocycles. The summed E-state index contributed by atoms with van der Waals surface area (Å²) in [6.07, 6.45) is 0.132. The van der Waals surface area contributed by atoms with Crippen LogP contribution >= 0.6 is 0 Å². The summed E-state index contributed by atoms with van der Waals surface area (Å²) in [6.45, 7) is 0.833. The quantitative estimate of drug-likeness (QED) is 0.165. The average Bonchev–Trinajstić information content (AvgIpc) is 3.28. The average molecular weight is 614 g/mol. The second-order valence-electron chi connectivity index (χ2n) is 10.3. The SMILES string of the molecule is NC(=O)c1ccc(-c2ccc(NC(=O)COCCOCCNc3cccc4c3C(=O)N(C3CCC(=O)NC3=O)C4=O)cc2)cc1. The van der Waals surface area contributed by atoms with Crippen LogP contribution in [0, 0.1) is 0 Å². The van der Waals surface area contributed by atoms with Gasteiger partial charge in [-0.1, -0.05) is 30.3 Å². The second-order valence-corrected chi connectivity index (χ2v) is 10.3. The molecule has 1 unspecified atom stereocenters. The second kappa shape index (κ2) is 13.9. The van der Waals surface area contributed by atoms with Crippen molar-refractivity contribution in [1.29, 1.82) is 0 Å². The molecule has 0 radical (unpaired) electrons. The van der Waals surface area contributed by atoms with E-state index in [2.05, 4.69) is 16.0 Å². The van der Waals surface area contributed by atoms with Gasteiger partial charge in [-0.05, 0) is 53.9 Å². The molecule has 1 atom stereocenters. The molecule has 0 saturated carbocycles. The number of anilines is 2. The number of fused-ring (bicyclic) bond motifs is 1. The summed E-state index contributed by atoms with van der Waals surface area (Å²) in [5.74, 6) is -3.07. The number of nitrogens with zero attached hydrogens (tertiary/aromatic N) is 1. The first kappa shape index (κ1) is 31.0. The molecule has 45 heavy (non-hydrogen) atoms. The number of hydrogen-bond acceptors (Lipinski definition) is 9. The first-order valence-corrected chi connectivity index (χ1v) is 14.3. The van der Waals surface area contributed by atoms with Crippen molar-refractivity contribution in [2.75, 3.05) is 43.6 Å². The zero-order valence-corrected chi connectivity index (χ0v) is 24.2. The molecular weight excluding hydrogens is 582 g/mol. The minimum atomic E-state index is -1.03. The van der Waals surface area contributed by atoms with Gasteiger partial charge in [0.05, 0.1) is 30.9 Å². The summed E-state index contributed by atoms with van der Waals surface area (Å²) in [6, 6.07) is 17.9. The zero-order chi connectivity index (χ0) is 31.9. The number of rotatable bonds is 13. The summed E-state index contributed by atoms with van der Waals surface area (Å²) >= 11 is 0. The van der Waals surface area contributed by atoms with Crippen molar-refractivity contribution < 1.29 is 38.2 Å². The molecular formula is C32H31N5O8. The maximum absolute atomic E-state index is 13.1. The summed E-state index contributed by atoms with van der Waals surface area (Å²) in [7, 11) is 0. The van der Waals surface area contributed by atoms with Crippen molar-refractivity contribution in [3.05, 3.63) is 83.4 Å². The van der Waals surface area contributed by atoms with Crippen LogP contribution in [0.15, 0.2) is 66.7 Å². The van der Waals surface area contributed by atoms with E-state index in [0.29, 0.717) is 23.5 Å². The van der Waals surface area contributed by atoms with Gasteiger partial charge in [-0.2, -0.15) is 0 Å². The third-order valence-electron chi connectivity index (χ3n) is 7.31. The van der Waals surface area contributed by atoms with Crippen molar-refractivity contribution in [3.8, 4) is 11.1 Å². The Hall–Kier alpha value is -5.40. The zero-order valence-electron chi connectivity index (χ0n) is 24.2. The van der Waals surface area contributed by atoms with Crippen LogP contribution in [0.4, 0.5) is 11.4 Å². The van der Waals surface area contributed by atoms with E-state index in [1.54, 1.807) is 48.5 Å². The standard InChI is InChI=1S/C32H31N5O8/c33-29(40)21-6-4-19(5-7-21)20-8-10-22(11-9-20)35-27(39)18-45-17-16-44-15-14-34-24-3-1-2-23-28(24)32(43)37(31(23)42)25-12-13-26(38)36-30(25)41/h1-11,25,34H,12-18H2,(H2,33,40)(H,35,39)(H,36,38,41). The molecule has 5 rings (SSSR count). The number of benzene rings is 3. The Morgan fingerprint density at radius 3 is 2.24 bits per heavy atom. The fraction of sp³-hybridized carbons (Fsp3) is 0.250. The number of nitrogens with two attached hydrogens (primary N) is 1. The molecule has 2 heterocycles. The lowest BCUT2D eigenvalue weighted by atomic mass is 10.0. The molecule has 0 bridgehead atoms. The van der Waals surface area contributed by atoms with Crippen LogP contribution in [0.25, 0.3) is 11.1 Å². The molecule has 3 aromatic rings. The molecule has 5 N–H and O–H groups in total. The number of amides is 6. The molecule has 3 aromatic carbocycles. The van der Waals surface area contributed by atoms with Crippen molar-refractivity contribution in [2.45, 2.75) is 18.9 Å². The van der Waals surface area contributed by atoms with Crippen LogP contribution < -0.4 is 21.7 Å². The molecule has 6 amide bonds. The van der Waals surface area contributed by atoms with Gasteiger partial charge in [0, 0.05) is 29.9 Å². The number of ether oxygens (including phenoxy) is 2. The van der Waals surface area contributed by atoms with E-state index in [1.165, 1.54) is 6.07 Å². The van der Waals surface area contributed by atoms with Crippen LogP contribution in [0.2, 0.25) is 0 Å². The highest BCUT2D eigenvalue weighted by Gasteiger charge is 2.45. The van der Waals surface area contributed by atoms with Gasteiger partial charge in [0.25, 0.3) is 11.8 Å². The Kier molecular flexibility index (Phi) is 9.61. The number of imide groups is 2. The first-order chi connectivity index (χ1) is 21.7. The van der Waals surface area contributed by atoms with E-state index >= 15 is 0 Å². The summed E-state index contributed by atoms with van der Waals surface area (Å²) < 4.78 is 10.9. The number of nitrogens with one attached hydrogen (secondary N) is 3. The third kappa shape index (κ3) is 7.22. The van der Waals surface area contributed by atoms with Gasteiger partial charge >= 0.3 is 0 Å². The Bertz CT molecular complexity index is 1640. The lowest BCUT2D eigenvalue weighted by molar-refractivity contribution is -0.136. The van der Waals surface area contributed by atoms with Crippen molar-refractivity contribution >= 4 is 46.8 Å². The molecule has 2 aliphatic heterocycles. The molecule has 232 valence electrons. The maximum Gasteiger partial charge on any atom is 0.264 e. The predicted octanol–water partition coefficient (Wildman–Crippen LogP) is 1.94. The smallest absolute Gasteiger partial charge is 0.264 e. The highest BCUT2D eigenvalue weighted by molar-refractivity contribution is 6.25. The van der Waals surface area contributed by atoms with E-state index in [0.717, 1.165) is 16.0 Å². The number of primary amides is 1. The van der Waals surface area contributed by atoms with Gasteiger partial charge < -0.3 is 25.8 Å². The fourth-order valence-corrected chi connectivity index (χ4v) is 5.07. The van der Waals surface area contributed by atoms with Crippen LogP contribution in [0.5, 0.6) is 0 Å². The normalized spacial score (nSPS) is 15.9. The molecule has 1 fully saturated rings. The van der Waals surface area contributed by atoms with E-state index in [4.69, 9.17) is 15.2 Å². The van der Waals surface area contributed by atoms with Crippen molar-refractivity contribution in [2.24, 2.45) is 5.73 Å². The predicted molar refractivity (Wildman–Crippen MR) is 162 cm³/mol. The van der Waals surface area contributed by atoms with Gasteiger partial charge in [0.2, 0.25) is 23.6 Å². The monoisotopic (exact) mass is 613 g/mol. The minimum absolute atomic E-state index is 0.0485. The van der Waals surface area contributed by atoms with Crippen molar-refractivity contribution in [3.63, 3.8) is 0 Å². The van der Waals surface area contributed by atoms with E-state index < -0.39 is 35.6 Å². The van der Waals surface area contributed by atoms with Gasteiger partial charge in [-0.3, -0.25) is 39.0 Å². The molecule has 13 heteroatoms. The lowest BCUT2D eigenvalue weighted by Gasteiger charge is -2.27. The van der Waals surface area contributed by atoms with E-state index in [1.807, 2.05) is 12.1 Å². The maximum atomic E-state index is 13.1. The summed E-state index contributed by atoms with van der Waals surface area (Å²) in [5.41, 5.74) is 8.94. The first-order valence-electron chi connectivity index (χ1n) is 14.3. The van der Waals surface area contributed by atoms with Crippen LogP contribution in [0.1, 0.15) is 43.9 Å². The highest BCUT2D eigenvalue weighted by atomic mass is 16.5. The van der Waals surface area contributed by atoms with Crippen LogP contribution in [-0.2, 0) is 23.9 Å². The number of hydrogen-bond donors (Lipinski definition) is 4. The Labute approximate surface area is 258 Å². The molecule has 0 spiro atoms. The fourth-order valence-electron chi connectivity index (χ4n) is 5.07. The molecule has 0 aromatic heterocycles. The number of carbonyl (C=O) groups excluding carboxylic acids is 6. The molecule has 2 aliphatic rings. The molecule has 1 saturated heterocycles. The Morgan fingerprint density at radius 1 is 0.867 bits per heavy atom. The van der Waals surface area contributed by atoms with Crippen LogP contribution in [0.3, 0.4) is 0 Å². The van der Waals surface area contributed by atoms with Gasteiger partial charge in [-0.15, -0.1) is 0 Å². The van der Waals surface area contributed by atoms with E-state index in [-0.39, 0.29) is 56.3 Å². The number of carbonyl (C=O) groups is 6. The van der Waals surface area contributed by atoms with Crippen LogP contribution in [-0.4, -0.2) is 79.4 Å². The topological polar surface area (TPSA) is 186 Å². The summed E-state index contributed by atoms with van der Waals surface area (Å²) in [5, 5.41) is 8.03. The Morgan fingerprint density at radius 2 is 1.56 bits per heavy atom. The lowest BCUT2D eigenvalue weighted by Crippen LogP contribution is -2.54. The van der Waals surface area contributed by atoms with Gasteiger partial charge in [-0.25, -0.2) is 0 Å².